The molecule has 98 valence electrons. The van der Waals surface area contributed by atoms with Gasteiger partial charge >= 0.3 is 0 Å². The Morgan fingerprint density at radius 3 is 2.45 bits per heavy atom. The first-order chi connectivity index (χ1) is 9.74. The first kappa shape index (κ1) is 12.4. The largest absolute Gasteiger partial charge is 0.356 e. The molecule has 0 atom stereocenters. The van der Waals surface area contributed by atoms with Gasteiger partial charge in [-0.3, -0.25) is 4.79 Å². The van der Waals surface area contributed by atoms with E-state index in [9.17, 15) is 4.79 Å². The van der Waals surface area contributed by atoms with E-state index in [4.69, 9.17) is 4.52 Å². The van der Waals surface area contributed by atoms with Crippen molar-refractivity contribution in [3.05, 3.63) is 66.2 Å². The summed E-state index contributed by atoms with van der Waals surface area (Å²) in [6.45, 7) is 1.55. The molecule has 3 aromatic rings. The van der Waals surface area contributed by atoms with Crippen molar-refractivity contribution >= 4 is 5.78 Å². The minimum absolute atomic E-state index is 0.0367. The number of Topliss-reactive ketones (excluding diaryl/α,β-unsaturated/α-hetero) is 1. The first-order valence-corrected chi connectivity index (χ1v) is 6.37. The van der Waals surface area contributed by atoms with Crippen LogP contribution < -0.4 is 0 Å². The maximum absolute atomic E-state index is 11.4. The molecule has 1 heterocycles. The van der Waals surface area contributed by atoms with E-state index in [-0.39, 0.29) is 5.78 Å². The van der Waals surface area contributed by atoms with Crippen LogP contribution in [0.5, 0.6) is 0 Å². The van der Waals surface area contributed by atoms with Crippen LogP contribution in [-0.2, 0) is 0 Å². The maximum Gasteiger partial charge on any atom is 0.167 e. The van der Waals surface area contributed by atoms with Crippen LogP contribution >= 0.6 is 0 Å². The third kappa shape index (κ3) is 2.38. The van der Waals surface area contributed by atoms with Crippen molar-refractivity contribution in [3.8, 4) is 22.6 Å². The number of benzene rings is 2. The van der Waals surface area contributed by atoms with Crippen molar-refractivity contribution < 1.29 is 9.32 Å². The van der Waals surface area contributed by atoms with Crippen molar-refractivity contribution in [1.29, 1.82) is 0 Å². The van der Waals surface area contributed by atoms with Crippen LogP contribution in [0.2, 0.25) is 0 Å². The van der Waals surface area contributed by atoms with Crippen molar-refractivity contribution in [2.24, 2.45) is 0 Å². The molecule has 0 aliphatic rings. The lowest BCUT2D eigenvalue weighted by Gasteiger charge is -1.98. The SMILES string of the molecule is CC(=O)c1cccc(-c2cc(-c3ccccc3)no2)c1. The number of hydrogen-bond acceptors (Lipinski definition) is 3. The lowest BCUT2D eigenvalue weighted by molar-refractivity contribution is 0.101. The summed E-state index contributed by atoms with van der Waals surface area (Å²) >= 11 is 0. The van der Waals surface area contributed by atoms with Gasteiger partial charge in [0, 0.05) is 22.8 Å². The van der Waals surface area contributed by atoms with Crippen LogP contribution in [0, 0.1) is 0 Å². The van der Waals surface area contributed by atoms with Gasteiger partial charge in [-0.15, -0.1) is 0 Å². The number of carbonyl (C=O) groups is 1. The smallest absolute Gasteiger partial charge is 0.167 e. The van der Waals surface area contributed by atoms with Gasteiger partial charge in [0.05, 0.1) is 0 Å². The minimum Gasteiger partial charge on any atom is -0.356 e. The standard InChI is InChI=1S/C17H13NO2/c1-12(19)14-8-5-9-15(10-14)17-11-16(18-20-17)13-6-3-2-4-7-13/h2-11H,1H3. The van der Waals surface area contributed by atoms with Gasteiger partial charge in [0.1, 0.15) is 5.69 Å². The van der Waals surface area contributed by atoms with Gasteiger partial charge in [-0.2, -0.15) is 0 Å². The van der Waals surface area contributed by atoms with Gasteiger partial charge in [-0.1, -0.05) is 53.7 Å². The fourth-order valence-corrected chi connectivity index (χ4v) is 2.05. The number of nitrogens with zero attached hydrogens (tertiary/aromatic N) is 1. The zero-order valence-corrected chi connectivity index (χ0v) is 11.0. The molecule has 3 rings (SSSR count). The molecule has 0 radical (unpaired) electrons. The van der Waals surface area contributed by atoms with Gasteiger partial charge in [-0.25, -0.2) is 0 Å². The molecule has 0 fully saturated rings. The molecular weight excluding hydrogens is 250 g/mol. The molecule has 0 amide bonds. The predicted molar refractivity (Wildman–Crippen MR) is 77.4 cm³/mol. The molecule has 0 spiro atoms. The Morgan fingerprint density at radius 1 is 0.950 bits per heavy atom. The zero-order chi connectivity index (χ0) is 13.9. The molecule has 0 aliphatic carbocycles. The van der Waals surface area contributed by atoms with E-state index in [0.29, 0.717) is 11.3 Å². The molecule has 0 unspecified atom stereocenters. The third-order valence-electron chi connectivity index (χ3n) is 3.13. The normalized spacial score (nSPS) is 10.4. The monoisotopic (exact) mass is 263 g/mol. The molecule has 3 nitrogen and oxygen atoms in total. The summed E-state index contributed by atoms with van der Waals surface area (Å²) in [6.07, 6.45) is 0. The summed E-state index contributed by atoms with van der Waals surface area (Å²) in [5.74, 6) is 0.696. The molecular formula is C17H13NO2. The second-order valence-corrected chi connectivity index (χ2v) is 4.58. The lowest BCUT2D eigenvalue weighted by atomic mass is 10.1. The third-order valence-corrected chi connectivity index (χ3v) is 3.13. The second kappa shape index (κ2) is 5.13. The number of rotatable bonds is 3. The van der Waals surface area contributed by atoms with E-state index in [0.717, 1.165) is 16.8 Å². The number of aromatic nitrogens is 1. The second-order valence-electron chi connectivity index (χ2n) is 4.58. The molecule has 0 aliphatic heterocycles. The molecule has 0 bridgehead atoms. The average molecular weight is 263 g/mol. The molecule has 0 saturated carbocycles. The van der Waals surface area contributed by atoms with E-state index >= 15 is 0 Å². The van der Waals surface area contributed by atoms with Crippen molar-refractivity contribution in [1.82, 2.24) is 5.16 Å². The Kier molecular flexibility index (Phi) is 3.17. The molecule has 3 heteroatoms. The predicted octanol–water partition coefficient (Wildman–Crippen LogP) is 4.21. The number of ketones is 1. The highest BCUT2D eigenvalue weighted by molar-refractivity contribution is 5.95. The quantitative estimate of drug-likeness (QED) is 0.665. The zero-order valence-electron chi connectivity index (χ0n) is 11.0. The fourth-order valence-electron chi connectivity index (χ4n) is 2.05. The Hall–Kier alpha value is -2.68. The van der Waals surface area contributed by atoms with E-state index in [1.165, 1.54) is 0 Å². The molecule has 0 N–H and O–H groups in total. The van der Waals surface area contributed by atoms with Crippen molar-refractivity contribution in [2.75, 3.05) is 0 Å². The summed E-state index contributed by atoms with van der Waals surface area (Å²) in [7, 11) is 0. The molecule has 20 heavy (non-hydrogen) atoms. The maximum atomic E-state index is 11.4. The summed E-state index contributed by atoms with van der Waals surface area (Å²) < 4.78 is 5.38. The fraction of sp³-hybridized carbons (Fsp3) is 0.0588. The highest BCUT2D eigenvalue weighted by atomic mass is 16.5. The Bertz CT molecular complexity index is 744. The summed E-state index contributed by atoms with van der Waals surface area (Å²) in [4.78, 5) is 11.4. The van der Waals surface area contributed by atoms with Crippen molar-refractivity contribution in [3.63, 3.8) is 0 Å². The van der Waals surface area contributed by atoms with Crippen LogP contribution in [0.1, 0.15) is 17.3 Å². The van der Waals surface area contributed by atoms with Crippen LogP contribution in [0.3, 0.4) is 0 Å². The highest BCUT2D eigenvalue weighted by Crippen LogP contribution is 2.26. The van der Waals surface area contributed by atoms with Crippen LogP contribution in [0.25, 0.3) is 22.6 Å². The first-order valence-electron chi connectivity index (χ1n) is 6.37. The van der Waals surface area contributed by atoms with Gasteiger partial charge in [0.2, 0.25) is 0 Å². The van der Waals surface area contributed by atoms with Gasteiger partial charge in [0.25, 0.3) is 0 Å². The summed E-state index contributed by atoms with van der Waals surface area (Å²) in [5, 5.41) is 4.08. The van der Waals surface area contributed by atoms with Gasteiger partial charge < -0.3 is 4.52 Å². The van der Waals surface area contributed by atoms with Crippen molar-refractivity contribution in [2.45, 2.75) is 6.92 Å². The summed E-state index contributed by atoms with van der Waals surface area (Å²) in [6, 6.07) is 19.1. The van der Waals surface area contributed by atoms with E-state index in [1.807, 2.05) is 54.6 Å². The van der Waals surface area contributed by atoms with Crippen LogP contribution in [0.4, 0.5) is 0 Å². The van der Waals surface area contributed by atoms with E-state index in [1.54, 1.807) is 13.0 Å². The Balaban J connectivity index is 1.98. The lowest BCUT2D eigenvalue weighted by Crippen LogP contribution is -1.91. The van der Waals surface area contributed by atoms with Gasteiger partial charge in [-0.05, 0) is 13.0 Å². The average Bonchev–Trinajstić information content (AvgIpc) is 2.98. The summed E-state index contributed by atoms with van der Waals surface area (Å²) in [5.41, 5.74) is 3.31. The number of hydrogen-bond donors (Lipinski definition) is 0. The van der Waals surface area contributed by atoms with E-state index in [2.05, 4.69) is 5.16 Å². The topological polar surface area (TPSA) is 43.1 Å². The van der Waals surface area contributed by atoms with Crippen LogP contribution in [-0.4, -0.2) is 10.9 Å². The van der Waals surface area contributed by atoms with Gasteiger partial charge in [0.15, 0.2) is 11.5 Å². The Morgan fingerprint density at radius 2 is 1.70 bits per heavy atom. The minimum atomic E-state index is 0.0367. The molecule has 0 saturated heterocycles. The van der Waals surface area contributed by atoms with Crippen LogP contribution in [0.15, 0.2) is 65.2 Å². The Labute approximate surface area is 116 Å². The molecule has 1 aromatic heterocycles. The molecule has 2 aromatic carbocycles. The highest BCUT2D eigenvalue weighted by Gasteiger charge is 2.09. The number of carbonyl (C=O) groups excluding carboxylic acids is 1. The van der Waals surface area contributed by atoms with E-state index < -0.39 is 0 Å².